The summed E-state index contributed by atoms with van der Waals surface area (Å²) in [6.45, 7) is 3.86. The average molecular weight is 498 g/mol. The minimum atomic E-state index is -1.00. The van der Waals surface area contributed by atoms with E-state index in [1.165, 1.54) is 17.0 Å². The Hall–Kier alpha value is -3.48. The Balaban J connectivity index is 2.00. The van der Waals surface area contributed by atoms with Crippen molar-refractivity contribution in [3.63, 3.8) is 0 Å². The van der Waals surface area contributed by atoms with Gasteiger partial charge in [0.05, 0.1) is 18.2 Å². The second-order valence-corrected chi connectivity index (χ2v) is 8.64. The van der Waals surface area contributed by atoms with Gasteiger partial charge in [-0.2, -0.15) is 0 Å². The van der Waals surface area contributed by atoms with Gasteiger partial charge in [0, 0.05) is 21.3 Å². The van der Waals surface area contributed by atoms with Crippen molar-refractivity contribution in [2.45, 2.75) is 19.9 Å². The molecule has 0 aromatic heterocycles. The van der Waals surface area contributed by atoms with Crippen molar-refractivity contribution in [1.29, 1.82) is 0 Å². The highest BCUT2D eigenvalue weighted by Crippen LogP contribution is 2.45. The van der Waals surface area contributed by atoms with Crippen LogP contribution < -0.4 is 9.64 Å². The van der Waals surface area contributed by atoms with Crippen molar-refractivity contribution in [2.75, 3.05) is 11.5 Å². The smallest absolute Gasteiger partial charge is 0.300 e. The minimum Gasteiger partial charge on any atom is -0.507 e. The minimum absolute atomic E-state index is 0.0867. The monoisotopic (exact) mass is 497 g/mol. The van der Waals surface area contributed by atoms with Gasteiger partial charge in [-0.3, -0.25) is 14.5 Å². The summed E-state index contributed by atoms with van der Waals surface area (Å²) in [6.07, 6.45) is 0. The fourth-order valence-corrected chi connectivity index (χ4v) is 4.36. The molecule has 1 amide bonds. The van der Waals surface area contributed by atoms with Crippen LogP contribution in [0.15, 0.2) is 66.2 Å². The molecule has 0 radical (unpaired) electrons. The first-order valence-corrected chi connectivity index (χ1v) is 11.3. The van der Waals surface area contributed by atoms with Gasteiger partial charge in [-0.25, -0.2) is 0 Å². The molecule has 0 aliphatic carbocycles. The molecule has 0 bridgehead atoms. The third-order valence-electron chi connectivity index (χ3n) is 5.57. The second-order valence-electron chi connectivity index (χ2n) is 7.77. The number of rotatable bonds is 5. The van der Waals surface area contributed by atoms with E-state index in [2.05, 4.69) is 0 Å². The maximum Gasteiger partial charge on any atom is 0.300 e. The van der Waals surface area contributed by atoms with Crippen LogP contribution in [0.3, 0.4) is 0 Å². The quantitative estimate of drug-likeness (QED) is 0.255. The normalized spacial score (nSPS) is 17.3. The molecule has 3 aromatic rings. The molecule has 1 aliphatic rings. The maximum absolute atomic E-state index is 13.3. The molecule has 34 heavy (non-hydrogen) atoms. The van der Waals surface area contributed by atoms with E-state index in [0.29, 0.717) is 39.0 Å². The number of halogens is 2. The number of phenols is 1. The first-order chi connectivity index (χ1) is 16.2. The van der Waals surface area contributed by atoms with Crippen molar-refractivity contribution >= 4 is 46.3 Å². The number of carbonyl (C=O) groups is 2. The highest BCUT2D eigenvalue weighted by atomic mass is 35.5. The molecule has 3 aromatic carbocycles. The van der Waals surface area contributed by atoms with Gasteiger partial charge >= 0.3 is 0 Å². The van der Waals surface area contributed by atoms with Crippen LogP contribution in [0, 0.1) is 6.92 Å². The molecule has 2 N–H and O–H groups in total. The number of ether oxygens (including phenoxy) is 1. The van der Waals surface area contributed by atoms with E-state index in [1.54, 1.807) is 62.4 Å². The molecule has 1 aliphatic heterocycles. The second kappa shape index (κ2) is 9.41. The first kappa shape index (κ1) is 23.7. The summed E-state index contributed by atoms with van der Waals surface area (Å²) in [7, 11) is 0. The average Bonchev–Trinajstić information content (AvgIpc) is 3.07. The summed E-state index contributed by atoms with van der Waals surface area (Å²) >= 11 is 12.3. The van der Waals surface area contributed by atoms with Crippen LogP contribution in [-0.2, 0) is 9.59 Å². The van der Waals surface area contributed by atoms with Gasteiger partial charge in [-0.15, -0.1) is 0 Å². The molecular formula is C26H21Cl2NO5. The van der Waals surface area contributed by atoms with Gasteiger partial charge in [0.25, 0.3) is 11.7 Å². The lowest BCUT2D eigenvalue weighted by Gasteiger charge is -2.27. The van der Waals surface area contributed by atoms with Crippen molar-refractivity contribution in [1.82, 2.24) is 0 Å². The van der Waals surface area contributed by atoms with Crippen molar-refractivity contribution in [3.8, 4) is 11.5 Å². The highest BCUT2D eigenvalue weighted by Gasteiger charge is 2.47. The predicted octanol–water partition coefficient (Wildman–Crippen LogP) is 6.03. The molecule has 8 heteroatoms. The van der Waals surface area contributed by atoms with E-state index in [4.69, 9.17) is 27.9 Å². The molecule has 1 unspecified atom stereocenters. The number of phenolic OH excluding ortho intramolecular Hbond substituents is 1. The number of hydrogen-bond acceptors (Lipinski definition) is 5. The molecule has 0 saturated carbocycles. The van der Waals surface area contributed by atoms with Crippen LogP contribution in [0.4, 0.5) is 5.69 Å². The third kappa shape index (κ3) is 4.22. The molecule has 1 fully saturated rings. The number of benzene rings is 3. The Labute approximate surface area is 206 Å². The molecule has 1 atom stereocenters. The molecule has 0 spiro atoms. The van der Waals surface area contributed by atoms with E-state index < -0.39 is 17.7 Å². The summed E-state index contributed by atoms with van der Waals surface area (Å²) in [5, 5.41) is 22.1. The zero-order valence-corrected chi connectivity index (χ0v) is 19.9. The lowest BCUT2D eigenvalue weighted by atomic mass is 9.94. The summed E-state index contributed by atoms with van der Waals surface area (Å²) in [6, 6.07) is 14.9. The van der Waals surface area contributed by atoms with E-state index in [0.717, 1.165) is 0 Å². The molecular weight excluding hydrogens is 477 g/mol. The van der Waals surface area contributed by atoms with E-state index in [-0.39, 0.29) is 22.8 Å². The number of aryl methyl sites for hydroxylation is 1. The van der Waals surface area contributed by atoms with Gasteiger partial charge < -0.3 is 14.9 Å². The Bertz CT molecular complexity index is 1330. The van der Waals surface area contributed by atoms with Gasteiger partial charge in [-0.05, 0) is 61.4 Å². The van der Waals surface area contributed by atoms with Gasteiger partial charge in [0.2, 0.25) is 0 Å². The Kier molecular flexibility index (Phi) is 6.55. The lowest BCUT2D eigenvalue weighted by molar-refractivity contribution is -0.132. The zero-order chi connectivity index (χ0) is 24.6. The number of nitrogens with zero attached hydrogens (tertiary/aromatic N) is 1. The summed E-state index contributed by atoms with van der Waals surface area (Å²) in [5.41, 5.74) is 1.78. The van der Waals surface area contributed by atoms with Crippen LogP contribution in [0.2, 0.25) is 10.0 Å². The van der Waals surface area contributed by atoms with Crippen molar-refractivity contribution in [2.24, 2.45) is 0 Å². The van der Waals surface area contributed by atoms with E-state index in [1.807, 2.05) is 0 Å². The number of ketones is 1. The Morgan fingerprint density at radius 3 is 2.47 bits per heavy atom. The number of aliphatic hydroxyl groups is 1. The topological polar surface area (TPSA) is 87.1 Å². The van der Waals surface area contributed by atoms with Gasteiger partial charge in [0.15, 0.2) is 11.5 Å². The maximum atomic E-state index is 13.3. The van der Waals surface area contributed by atoms with E-state index in [9.17, 15) is 19.8 Å². The molecule has 1 saturated heterocycles. The van der Waals surface area contributed by atoms with Gasteiger partial charge in [0.1, 0.15) is 5.76 Å². The number of aliphatic hydroxyl groups excluding tert-OH is 1. The number of anilines is 1. The lowest BCUT2D eigenvalue weighted by Crippen LogP contribution is -2.30. The molecule has 174 valence electrons. The third-order valence-corrected chi connectivity index (χ3v) is 6.04. The zero-order valence-electron chi connectivity index (χ0n) is 18.4. The number of hydrogen-bond donors (Lipinski definition) is 2. The summed E-state index contributed by atoms with van der Waals surface area (Å²) < 4.78 is 5.51. The highest BCUT2D eigenvalue weighted by molar-refractivity contribution is 6.52. The van der Waals surface area contributed by atoms with Crippen LogP contribution in [0.25, 0.3) is 5.76 Å². The van der Waals surface area contributed by atoms with Crippen molar-refractivity contribution in [3.05, 3.63) is 93.0 Å². The molecule has 4 rings (SSSR count). The van der Waals surface area contributed by atoms with Crippen LogP contribution in [0.1, 0.15) is 29.7 Å². The van der Waals surface area contributed by atoms with Crippen molar-refractivity contribution < 1.29 is 24.5 Å². The largest absolute Gasteiger partial charge is 0.507 e. The fourth-order valence-electron chi connectivity index (χ4n) is 4.00. The fraction of sp³-hybridized carbons (Fsp3) is 0.154. The van der Waals surface area contributed by atoms with Crippen LogP contribution in [0.5, 0.6) is 11.5 Å². The Morgan fingerprint density at radius 2 is 1.76 bits per heavy atom. The molecule has 6 nitrogen and oxygen atoms in total. The standard InChI is InChI=1S/C26H21Cl2NO5/c1-3-34-21-12-15(8-10-20(21)30)23-22(24(31)16-5-4-6-17(27)11-16)25(32)26(33)29(23)19-13-18(28)9-7-14(19)2/h4-13,23,30-31H,3H2,1-2H3/b24-22+. The van der Waals surface area contributed by atoms with Crippen LogP contribution >= 0.6 is 23.2 Å². The Morgan fingerprint density at radius 1 is 1.03 bits per heavy atom. The first-order valence-electron chi connectivity index (χ1n) is 10.5. The van der Waals surface area contributed by atoms with E-state index >= 15 is 0 Å². The van der Waals surface area contributed by atoms with Crippen LogP contribution in [-0.4, -0.2) is 28.5 Å². The van der Waals surface area contributed by atoms with Gasteiger partial charge in [-0.1, -0.05) is 47.5 Å². The SMILES string of the molecule is CCOc1cc(C2/C(=C(\O)c3cccc(Cl)c3)C(=O)C(=O)N2c2cc(Cl)ccc2C)ccc1O. The number of carbonyl (C=O) groups excluding carboxylic acids is 2. The summed E-state index contributed by atoms with van der Waals surface area (Å²) in [5.74, 6) is -1.93. The number of amides is 1. The summed E-state index contributed by atoms with van der Waals surface area (Å²) in [4.78, 5) is 27.9. The number of aromatic hydroxyl groups is 1. The predicted molar refractivity (Wildman–Crippen MR) is 132 cm³/mol. The molecule has 1 heterocycles. The number of Topliss-reactive ketones (excluding diaryl/α,β-unsaturated/α-hetero) is 1.